The molecule has 0 saturated carbocycles. The molecule has 8 nitrogen and oxygen atoms in total. The summed E-state index contributed by atoms with van der Waals surface area (Å²) in [6, 6.07) is 13.5. The quantitative estimate of drug-likeness (QED) is 0.396. The van der Waals surface area contributed by atoms with Crippen molar-refractivity contribution in [1.82, 2.24) is 10.7 Å². The topological polar surface area (TPSA) is 109 Å². The maximum absolute atomic E-state index is 12.0. The SMILES string of the molecule is CNC(=O)C(=O)N/N=C\c1ccccc1OCC(=O)Nc1cccc(Cl)c1. The molecule has 0 saturated heterocycles. The second-order valence-electron chi connectivity index (χ2n) is 5.16. The molecule has 0 spiro atoms. The lowest BCUT2D eigenvalue weighted by atomic mass is 10.2. The van der Waals surface area contributed by atoms with Crippen LogP contribution in [0.1, 0.15) is 5.56 Å². The number of nitrogens with one attached hydrogen (secondary N) is 3. The van der Waals surface area contributed by atoms with Gasteiger partial charge in [-0.05, 0) is 30.3 Å². The summed E-state index contributed by atoms with van der Waals surface area (Å²) in [5, 5.41) is 9.05. The predicted octanol–water partition coefficient (Wildman–Crippen LogP) is 1.55. The standard InChI is InChI=1S/C18H17ClN4O4/c1-20-17(25)18(26)23-21-10-12-5-2-3-8-15(12)27-11-16(24)22-14-7-4-6-13(19)9-14/h2-10H,11H2,1H3,(H,20,25)(H,22,24)(H,23,26)/b21-10-. The van der Waals surface area contributed by atoms with Gasteiger partial charge >= 0.3 is 11.8 Å². The van der Waals surface area contributed by atoms with Gasteiger partial charge in [0.25, 0.3) is 5.91 Å². The molecule has 0 bridgehead atoms. The van der Waals surface area contributed by atoms with E-state index in [-0.39, 0.29) is 12.5 Å². The highest BCUT2D eigenvalue weighted by Crippen LogP contribution is 2.17. The molecule has 27 heavy (non-hydrogen) atoms. The number of ether oxygens (including phenoxy) is 1. The molecule has 3 amide bonds. The van der Waals surface area contributed by atoms with Crippen LogP contribution < -0.4 is 20.8 Å². The van der Waals surface area contributed by atoms with Crippen LogP contribution in [0.4, 0.5) is 5.69 Å². The molecule has 2 aromatic rings. The lowest BCUT2D eigenvalue weighted by Crippen LogP contribution is -2.35. The van der Waals surface area contributed by atoms with Gasteiger partial charge < -0.3 is 15.4 Å². The van der Waals surface area contributed by atoms with Crippen molar-refractivity contribution in [2.24, 2.45) is 5.10 Å². The van der Waals surface area contributed by atoms with Crippen molar-refractivity contribution < 1.29 is 19.1 Å². The lowest BCUT2D eigenvalue weighted by molar-refractivity contribution is -0.138. The minimum Gasteiger partial charge on any atom is -0.483 e. The van der Waals surface area contributed by atoms with Crippen molar-refractivity contribution in [3.05, 3.63) is 59.1 Å². The Morgan fingerprint density at radius 2 is 1.89 bits per heavy atom. The first-order chi connectivity index (χ1) is 13.0. The molecule has 0 unspecified atom stereocenters. The van der Waals surface area contributed by atoms with E-state index in [9.17, 15) is 14.4 Å². The number of hydrogen-bond donors (Lipinski definition) is 3. The van der Waals surface area contributed by atoms with Crippen molar-refractivity contribution in [2.45, 2.75) is 0 Å². The number of amides is 3. The van der Waals surface area contributed by atoms with E-state index >= 15 is 0 Å². The van der Waals surface area contributed by atoms with Crippen molar-refractivity contribution in [2.75, 3.05) is 19.0 Å². The Labute approximate surface area is 160 Å². The summed E-state index contributed by atoms with van der Waals surface area (Å²) < 4.78 is 5.50. The van der Waals surface area contributed by atoms with Gasteiger partial charge in [-0.25, -0.2) is 5.43 Å². The Balaban J connectivity index is 1.94. The number of hydrazone groups is 1. The van der Waals surface area contributed by atoms with Crippen LogP contribution in [0, 0.1) is 0 Å². The fraction of sp³-hybridized carbons (Fsp3) is 0.111. The Hall–Kier alpha value is -3.39. The van der Waals surface area contributed by atoms with Crippen LogP contribution in [-0.4, -0.2) is 37.6 Å². The van der Waals surface area contributed by atoms with Gasteiger partial charge in [-0.3, -0.25) is 14.4 Å². The number of benzene rings is 2. The van der Waals surface area contributed by atoms with Gasteiger partial charge in [-0.15, -0.1) is 0 Å². The third-order valence-electron chi connectivity index (χ3n) is 3.19. The van der Waals surface area contributed by atoms with E-state index in [0.717, 1.165) is 0 Å². The Bertz CT molecular complexity index is 870. The number of nitrogens with zero attached hydrogens (tertiary/aromatic N) is 1. The molecule has 140 valence electrons. The first-order valence-corrected chi connectivity index (χ1v) is 8.19. The van der Waals surface area contributed by atoms with Crippen LogP contribution in [0.25, 0.3) is 0 Å². The molecule has 0 heterocycles. The number of likely N-dealkylation sites (N-methyl/N-ethyl adjacent to an activating group) is 1. The average Bonchev–Trinajstić information content (AvgIpc) is 2.66. The third-order valence-corrected chi connectivity index (χ3v) is 3.42. The molecule has 9 heteroatoms. The number of para-hydroxylation sites is 1. The van der Waals surface area contributed by atoms with E-state index in [1.807, 2.05) is 0 Å². The van der Waals surface area contributed by atoms with Gasteiger partial charge in [0.2, 0.25) is 0 Å². The molecule has 0 aromatic heterocycles. The van der Waals surface area contributed by atoms with E-state index in [1.165, 1.54) is 13.3 Å². The molecule has 0 radical (unpaired) electrons. The van der Waals surface area contributed by atoms with Gasteiger partial charge in [-0.2, -0.15) is 5.10 Å². The van der Waals surface area contributed by atoms with Crippen LogP contribution in [0.2, 0.25) is 5.02 Å². The van der Waals surface area contributed by atoms with E-state index in [0.29, 0.717) is 22.0 Å². The molecule has 0 aliphatic heterocycles. The minimum atomic E-state index is -0.895. The van der Waals surface area contributed by atoms with Crippen molar-refractivity contribution in [1.29, 1.82) is 0 Å². The van der Waals surface area contributed by atoms with Gasteiger partial charge in [0.1, 0.15) is 5.75 Å². The van der Waals surface area contributed by atoms with Gasteiger partial charge in [0.15, 0.2) is 6.61 Å². The minimum absolute atomic E-state index is 0.234. The highest BCUT2D eigenvalue weighted by Gasteiger charge is 2.10. The van der Waals surface area contributed by atoms with Crippen molar-refractivity contribution in [3.63, 3.8) is 0 Å². The molecular formula is C18H17ClN4O4. The Morgan fingerprint density at radius 1 is 1.11 bits per heavy atom. The summed E-state index contributed by atoms with van der Waals surface area (Å²) in [6.07, 6.45) is 1.31. The van der Waals surface area contributed by atoms with E-state index in [1.54, 1.807) is 48.5 Å². The molecule has 0 atom stereocenters. The maximum Gasteiger partial charge on any atom is 0.329 e. The normalized spacial score (nSPS) is 10.3. The highest BCUT2D eigenvalue weighted by atomic mass is 35.5. The molecule has 0 fully saturated rings. The molecule has 0 aliphatic rings. The van der Waals surface area contributed by atoms with Crippen molar-refractivity contribution in [3.8, 4) is 5.75 Å². The van der Waals surface area contributed by atoms with Crippen molar-refractivity contribution >= 4 is 41.2 Å². The van der Waals surface area contributed by atoms with Gasteiger partial charge in [0.05, 0.1) is 6.21 Å². The molecule has 2 rings (SSSR count). The fourth-order valence-electron chi connectivity index (χ4n) is 1.95. The zero-order valence-electron chi connectivity index (χ0n) is 14.4. The second kappa shape index (κ2) is 9.93. The Morgan fingerprint density at radius 3 is 2.63 bits per heavy atom. The summed E-state index contributed by atoms with van der Waals surface area (Å²) in [4.78, 5) is 34.4. The van der Waals surface area contributed by atoms with E-state index in [2.05, 4.69) is 21.2 Å². The highest BCUT2D eigenvalue weighted by molar-refractivity contribution is 6.35. The summed E-state index contributed by atoms with van der Waals surface area (Å²) in [6.45, 7) is -0.234. The lowest BCUT2D eigenvalue weighted by Gasteiger charge is -2.09. The first-order valence-electron chi connectivity index (χ1n) is 7.82. The summed E-state index contributed by atoms with van der Waals surface area (Å²) in [5.74, 6) is -1.68. The number of rotatable bonds is 6. The zero-order chi connectivity index (χ0) is 19.6. The monoisotopic (exact) mass is 388 g/mol. The molecule has 2 aromatic carbocycles. The Kier molecular flexibility index (Phi) is 7.33. The fourth-order valence-corrected chi connectivity index (χ4v) is 2.14. The number of halogens is 1. The number of anilines is 1. The molecular weight excluding hydrogens is 372 g/mol. The molecule has 3 N–H and O–H groups in total. The first kappa shape index (κ1) is 19.9. The zero-order valence-corrected chi connectivity index (χ0v) is 15.1. The third kappa shape index (κ3) is 6.44. The average molecular weight is 389 g/mol. The van der Waals surface area contributed by atoms with Crippen LogP contribution >= 0.6 is 11.6 Å². The van der Waals surface area contributed by atoms with Gasteiger partial charge in [-0.1, -0.05) is 29.8 Å². The smallest absolute Gasteiger partial charge is 0.329 e. The number of carbonyl (C=O) groups excluding carboxylic acids is 3. The van der Waals surface area contributed by atoms with Crippen LogP contribution in [-0.2, 0) is 14.4 Å². The maximum atomic E-state index is 12.0. The van der Waals surface area contributed by atoms with Gasteiger partial charge in [0, 0.05) is 23.3 Å². The van der Waals surface area contributed by atoms with E-state index < -0.39 is 11.8 Å². The van der Waals surface area contributed by atoms with Crippen LogP contribution in [0.15, 0.2) is 53.6 Å². The summed E-state index contributed by atoms with van der Waals surface area (Å²) >= 11 is 5.87. The van der Waals surface area contributed by atoms with Crippen LogP contribution in [0.3, 0.4) is 0 Å². The van der Waals surface area contributed by atoms with E-state index in [4.69, 9.17) is 16.3 Å². The predicted molar refractivity (Wildman–Crippen MR) is 102 cm³/mol. The van der Waals surface area contributed by atoms with Crippen LogP contribution in [0.5, 0.6) is 5.75 Å². The summed E-state index contributed by atoms with van der Waals surface area (Å²) in [5.41, 5.74) is 3.16. The largest absolute Gasteiger partial charge is 0.483 e. The molecule has 0 aliphatic carbocycles. The summed E-state index contributed by atoms with van der Waals surface area (Å²) in [7, 11) is 1.34. The number of hydrogen-bond acceptors (Lipinski definition) is 5. The number of carbonyl (C=O) groups is 3. The second-order valence-corrected chi connectivity index (χ2v) is 5.60.